The van der Waals surface area contributed by atoms with Gasteiger partial charge >= 0.3 is 0 Å². The van der Waals surface area contributed by atoms with Crippen LogP contribution in [0.4, 0.5) is 0 Å². The molecule has 0 aliphatic heterocycles. The van der Waals surface area contributed by atoms with Crippen LogP contribution in [0.1, 0.15) is 40.5 Å². The van der Waals surface area contributed by atoms with E-state index in [1.165, 1.54) is 0 Å². The zero-order valence-electron chi connectivity index (χ0n) is 8.98. The minimum atomic E-state index is 0.0831. The van der Waals surface area contributed by atoms with Crippen molar-refractivity contribution in [2.24, 2.45) is 5.41 Å². The number of carbonyl (C=O) groups excluding carboxylic acids is 1. The van der Waals surface area contributed by atoms with E-state index < -0.39 is 0 Å². The second-order valence-corrected chi connectivity index (χ2v) is 4.70. The molecule has 0 saturated carbocycles. The molecule has 0 aliphatic rings. The van der Waals surface area contributed by atoms with E-state index in [2.05, 4.69) is 26.1 Å². The van der Waals surface area contributed by atoms with Crippen LogP contribution in [0.2, 0.25) is 0 Å². The molecule has 0 rings (SSSR count). The Morgan fingerprint density at radius 1 is 1.46 bits per heavy atom. The predicted molar refractivity (Wildman–Crippen MR) is 57.0 cm³/mol. The lowest BCUT2D eigenvalue weighted by atomic mass is 9.85. The molecule has 0 saturated heterocycles. The van der Waals surface area contributed by atoms with Crippen molar-refractivity contribution in [3.05, 3.63) is 0 Å². The van der Waals surface area contributed by atoms with Crippen LogP contribution in [-0.2, 0) is 4.79 Å². The Morgan fingerprint density at radius 2 is 2.00 bits per heavy atom. The van der Waals surface area contributed by atoms with Gasteiger partial charge in [-0.05, 0) is 11.8 Å². The molecule has 0 aromatic heterocycles. The zero-order valence-corrected chi connectivity index (χ0v) is 9.74. The van der Waals surface area contributed by atoms with E-state index in [1.807, 2.05) is 6.92 Å². The third-order valence-electron chi connectivity index (χ3n) is 2.10. The van der Waals surface area contributed by atoms with Crippen molar-refractivity contribution in [3.8, 4) is 0 Å². The quantitative estimate of drug-likeness (QED) is 0.703. The zero-order chi connectivity index (χ0) is 10.5. The Hall–Kier alpha value is -0.240. The van der Waals surface area contributed by atoms with Gasteiger partial charge in [-0.15, -0.1) is 11.6 Å². The minimum absolute atomic E-state index is 0.0831. The standard InChI is InChI=1S/C10H20ClNO/c1-5-9(13)12-8(6-7-11)10(2,3)4/h8H,5-7H2,1-4H3,(H,12,13). The highest BCUT2D eigenvalue weighted by atomic mass is 35.5. The van der Waals surface area contributed by atoms with Crippen LogP contribution in [0, 0.1) is 5.41 Å². The Balaban J connectivity index is 4.18. The molecule has 0 aromatic rings. The molecule has 13 heavy (non-hydrogen) atoms. The van der Waals surface area contributed by atoms with Crippen LogP contribution >= 0.6 is 11.6 Å². The van der Waals surface area contributed by atoms with Gasteiger partial charge < -0.3 is 5.32 Å². The fourth-order valence-corrected chi connectivity index (χ4v) is 1.35. The smallest absolute Gasteiger partial charge is 0.219 e. The maximum atomic E-state index is 11.2. The molecule has 78 valence electrons. The van der Waals surface area contributed by atoms with Crippen LogP contribution in [-0.4, -0.2) is 17.8 Å². The summed E-state index contributed by atoms with van der Waals surface area (Å²) in [6.45, 7) is 8.19. The third kappa shape index (κ3) is 5.14. The van der Waals surface area contributed by atoms with Gasteiger partial charge in [0, 0.05) is 18.3 Å². The van der Waals surface area contributed by atoms with Crippen LogP contribution in [0.25, 0.3) is 0 Å². The molecular weight excluding hydrogens is 186 g/mol. The summed E-state index contributed by atoms with van der Waals surface area (Å²) in [5.41, 5.74) is 0.0831. The molecule has 0 bridgehead atoms. The summed E-state index contributed by atoms with van der Waals surface area (Å²) in [4.78, 5) is 11.2. The van der Waals surface area contributed by atoms with Crippen molar-refractivity contribution in [3.63, 3.8) is 0 Å². The van der Waals surface area contributed by atoms with E-state index >= 15 is 0 Å². The van der Waals surface area contributed by atoms with E-state index in [-0.39, 0.29) is 17.4 Å². The van der Waals surface area contributed by atoms with Crippen LogP contribution in [0.5, 0.6) is 0 Å². The molecule has 0 aliphatic carbocycles. The summed E-state index contributed by atoms with van der Waals surface area (Å²) in [6.07, 6.45) is 1.37. The average molecular weight is 206 g/mol. The SMILES string of the molecule is CCC(=O)NC(CCCl)C(C)(C)C. The Morgan fingerprint density at radius 3 is 2.31 bits per heavy atom. The van der Waals surface area contributed by atoms with Gasteiger partial charge in [-0.3, -0.25) is 4.79 Å². The molecular formula is C10H20ClNO. The van der Waals surface area contributed by atoms with Gasteiger partial charge in [0.25, 0.3) is 0 Å². The van der Waals surface area contributed by atoms with E-state index in [0.717, 1.165) is 6.42 Å². The first-order chi connectivity index (χ1) is 5.91. The number of alkyl halides is 1. The van der Waals surface area contributed by atoms with Crippen LogP contribution < -0.4 is 5.32 Å². The number of amides is 1. The number of hydrogen-bond acceptors (Lipinski definition) is 1. The van der Waals surface area contributed by atoms with Crippen LogP contribution in [0.3, 0.4) is 0 Å². The maximum Gasteiger partial charge on any atom is 0.219 e. The predicted octanol–water partition coefficient (Wildman–Crippen LogP) is 2.56. The van der Waals surface area contributed by atoms with Crippen molar-refractivity contribution in [1.29, 1.82) is 0 Å². The minimum Gasteiger partial charge on any atom is -0.353 e. The van der Waals surface area contributed by atoms with Crippen molar-refractivity contribution >= 4 is 17.5 Å². The monoisotopic (exact) mass is 205 g/mol. The van der Waals surface area contributed by atoms with Crippen molar-refractivity contribution in [1.82, 2.24) is 5.32 Å². The van der Waals surface area contributed by atoms with E-state index in [9.17, 15) is 4.79 Å². The normalized spacial score (nSPS) is 13.9. The lowest BCUT2D eigenvalue weighted by Crippen LogP contribution is -2.43. The first-order valence-corrected chi connectivity index (χ1v) is 5.30. The highest BCUT2D eigenvalue weighted by Crippen LogP contribution is 2.22. The summed E-state index contributed by atoms with van der Waals surface area (Å²) in [7, 11) is 0. The first kappa shape index (κ1) is 12.8. The molecule has 0 aromatic carbocycles. The topological polar surface area (TPSA) is 29.1 Å². The highest BCUT2D eigenvalue weighted by molar-refractivity contribution is 6.17. The molecule has 1 amide bonds. The van der Waals surface area contributed by atoms with Gasteiger partial charge in [0.15, 0.2) is 0 Å². The number of rotatable bonds is 4. The highest BCUT2D eigenvalue weighted by Gasteiger charge is 2.24. The number of carbonyl (C=O) groups is 1. The average Bonchev–Trinajstić information content (AvgIpc) is 2.01. The Kier molecular flexibility index (Phi) is 5.38. The van der Waals surface area contributed by atoms with Gasteiger partial charge in [-0.1, -0.05) is 27.7 Å². The number of hydrogen-bond donors (Lipinski definition) is 1. The van der Waals surface area contributed by atoms with Gasteiger partial charge in [0.2, 0.25) is 5.91 Å². The molecule has 3 heteroatoms. The molecule has 0 spiro atoms. The van der Waals surface area contributed by atoms with Gasteiger partial charge in [-0.2, -0.15) is 0 Å². The lowest BCUT2D eigenvalue weighted by Gasteiger charge is -2.31. The maximum absolute atomic E-state index is 11.2. The molecule has 0 radical (unpaired) electrons. The lowest BCUT2D eigenvalue weighted by molar-refractivity contribution is -0.122. The van der Waals surface area contributed by atoms with Gasteiger partial charge in [-0.25, -0.2) is 0 Å². The molecule has 1 N–H and O–H groups in total. The molecule has 0 fully saturated rings. The van der Waals surface area contributed by atoms with Crippen molar-refractivity contribution in [2.45, 2.75) is 46.6 Å². The largest absolute Gasteiger partial charge is 0.353 e. The number of halogens is 1. The van der Waals surface area contributed by atoms with E-state index in [0.29, 0.717) is 12.3 Å². The molecule has 2 nitrogen and oxygen atoms in total. The fraction of sp³-hybridized carbons (Fsp3) is 0.900. The summed E-state index contributed by atoms with van der Waals surface area (Å²) >= 11 is 5.68. The Labute approximate surface area is 86.0 Å². The van der Waals surface area contributed by atoms with E-state index in [4.69, 9.17) is 11.6 Å². The summed E-state index contributed by atoms with van der Waals surface area (Å²) in [6, 6.07) is 0.178. The van der Waals surface area contributed by atoms with Crippen LogP contribution in [0.15, 0.2) is 0 Å². The number of nitrogens with one attached hydrogen (secondary N) is 1. The fourth-order valence-electron chi connectivity index (χ4n) is 1.13. The van der Waals surface area contributed by atoms with Gasteiger partial charge in [0.05, 0.1) is 0 Å². The Bertz CT molecular complexity index is 163. The van der Waals surface area contributed by atoms with E-state index in [1.54, 1.807) is 0 Å². The summed E-state index contributed by atoms with van der Waals surface area (Å²) in [5, 5.41) is 2.98. The third-order valence-corrected chi connectivity index (χ3v) is 2.32. The summed E-state index contributed by atoms with van der Waals surface area (Å²) < 4.78 is 0. The summed E-state index contributed by atoms with van der Waals surface area (Å²) in [5.74, 6) is 0.691. The van der Waals surface area contributed by atoms with Crippen molar-refractivity contribution in [2.75, 3.05) is 5.88 Å². The molecule has 0 heterocycles. The first-order valence-electron chi connectivity index (χ1n) is 4.77. The molecule has 1 atom stereocenters. The van der Waals surface area contributed by atoms with Crippen molar-refractivity contribution < 1.29 is 4.79 Å². The second kappa shape index (κ2) is 5.48. The molecule has 1 unspecified atom stereocenters. The van der Waals surface area contributed by atoms with Gasteiger partial charge in [0.1, 0.15) is 0 Å². The second-order valence-electron chi connectivity index (χ2n) is 4.32.